The Morgan fingerprint density at radius 2 is 1.80 bits per heavy atom. The van der Waals surface area contributed by atoms with E-state index in [0.717, 1.165) is 25.4 Å². The maximum atomic E-state index is 5.99. The van der Waals surface area contributed by atoms with Gasteiger partial charge in [0, 0.05) is 18.7 Å². The molecule has 3 nitrogen and oxygen atoms in total. The molecule has 20 heavy (non-hydrogen) atoms. The lowest BCUT2D eigenvalue weighted by atomic mass is 9.88. The predicted molar refractivity (Wildman–Crippen MR) is 82.7 cm³/mol. The molecule has 1 aliphatic rings. The first-order valence-electron chi connectivity index (χ1n) is 7.59. The third kappa shape index (κ3) is 2.99. The van der Waals surface area contributed by atoms with Crippen LogP contribution < -0.4 is 10.1 Å². The second-order valence-corrected chi connectivity index (χ2v) is 6.06. The quantitative estimate of drug-likeness (QED) is 0.912. The fourth-order valence-corrected chi connectivity index (χ4v) is 2.90. The average molecular weight is 277 g/mol. The van der Waals surface area contributed by atoms with Crippen LogP contribution in [0.2, 0.25) is 0 Å². The maximum Gasteiger partial charge on any atom is 0.128 e. The summed E-state index contributed by atoms with van der Waals surface area (Å²) in [5.41, 5.74) is 3.84. The SMILES string of the molecule is COc1c(C(C)C)ccc(C(C)C)c1C1CNCCO1. The minimum Gasteiger partial charge on any atom is -0.496 e. The minimum absolute atomic E-state index is 0.0924. The molecule has 1 aromatic rings. The molecule has 1 aromatic carbocycles. The van der Waals surface area contributed by atoms with Gasteiger partial charge in [-0.05, 0) is 23.0 Å². The molecule has 0 spiro atoms. The van der Waals surface area contributed by atoms with Crippen LogP contribution in [0.4, 0.5) is 0 Å². The Balaban J connectivity index is 2.55. The molecule has 1 heterocycles. The third-order valence-corrected chi connectivity index (χ3v) is 3.96. The fraction of sp³-hybridized carbons (Fsp3) is 0.647. The Morgan fingerprint density at radius 3 is 2.30 bits per heavy atom. The molecule has 1 unspecified atom stereocenters. The first-order chi connectivity index (χ1) is 9.56. The van der Waals surface area contributed by atoms with Gasteiger partial charge in [0.1, 0.15) is 5.75 Å². The Morgan fingerprint density at radius 1 is 1.15 bits per heavy atom. The standard InChI is InChI=1S/C17H27NO2/c1-11(2)13-6-7-14(12(3)4)17(19-5)16(13)15-10-18-8-9-20-15/h6-7,11-12,15,18H,8-10H2,1-5H3. The van der Waals surface area contributed by atoms with Crippen molar-refractivity contribution in [2.75, 3.05) is 26.8 Å². The summed E-state index contributed by atoms with van der Waals surface area (Å²) in [4.78, 5) is 0. The number of hydrogen-bond acceptors (Lipinski definition) is 3. The zero-order valence-electron chi connectivity index (χ0n) is 13.3. The second kappa shape index (κ2) is 6.59. The summed E-state index contributed by atoms with van der Waals surface area (Å²) in [6.07, 6.45) is 0.0924. The lowest BCUT2D eigenvalue weighted by Gasteiger charge is -2.30. The van der Waals surface area contributed by atoms with Gasteiger partial charge in [0.25, 0.3) is 0 Å². The molecular weight excluding hydrogens is 250 g/mol. The molecule has 1 N–H and O–H groups in total. The lowest BCUT2D eigenvalue weighted by molar-refractivity contribution is 0.0255. The van der Waals surface area contributed by atoms with Gasteiger partial charge in [-0.3, -0.25) is 0 Å². The summed E-state index contributed by atoms with van der Waals surface area (Å²) in [6.45, 7) is 11.4. The Kier molecular flexibility index (Phi) is 5.06. The number of benzene rings is 1. The topological polar surface area (TPSA) is 30.5 Å². The monoisotopic (exact) mass is 277 g/mol. The molecule has 1 saturated heterocycles. The Labute approximate surface area is 122 Å². The van der Waals surface area contributed by atoms with Crippen LogP contribution in [0.25, 0.3) is 0 Å². The molecule has 1 fully saturated rings. The van der Waals surface area contributed by atoms with Crippen LogP contribution >= 0.6 is 0 Å². The summed E-state index contributed by atoms with van der Waals surface area (Å²) < 4.78 is 11.8. The van der Waals surface area contributed by atoms with E-state index in [0.29, 0.717) is 11.8 Å². The van der Waals surface area contributed by atoms with Crippen molar-refractivity contribution in [1.29, 1.82) is 0 Å². The zero-order chi connectivity index (χ0) is 14.7. The van der Waals surface area contributed by atoms with Gasteiger partial charge < -0.3 is 14.8 Å². The normalized spacial score (nSPS) is 19.6. The van der Waals surface area contributed by atoms with E-state index in [1.54, 1.807) is 7.11 Å². The molecule has 0 bridgehead atoms. The molecule has 1 aliphatic heterocycles. The first kappa shape index (κ1) is 15.3. The Hall–Kier alpha value is -1.06. The van der Waals surface area contributed by atoms with Crippen molar-refractivity contribution in [3.8, 4) is 5.75 Å². The van der Waals surface area contributed by atoms with E-state index in [4.69, 9.17) is 9.47 Å². The van der Waals surface area contributed by atoms with Crippen LogP contribution in [0.15, 0.2) is 12.1 Å². The van der Waals surface area contributed by atoms with Gasteiger partial charge in [-0.2, -0.15) is 0 Å². The van der Waals surface area contributed by atoms with E-state index in [-0.39, 0.29) is 6.10 Å². The number of morpholine rings is 1. The van der Waals surface area contributed by atoms with Crippen LogP contribution in [0, 0.1) is 0 Å². The number of ether oxygens (including phenoxy) is 2. The highest BCUT2D eigenvalue weighted by Gasteiger charge is 2.26. The van der Waals surface area contributed by atoms with E-state index < -0.39 is 0 Å². The molecule has 0 radical (unpaired) electrons. The molecule has 3 heteroatoms. The lowest BCUT2D eigenvalue weighted by Crippen LogP contribution is -2.34. The summed E-state index contributed by atoms with van der Waals surface area (Å²) in [5.74, 6) is 1.92. The van der Waals surface area contributed by atoms with Crippen molar-refractivity contribution in [3.63, 3.8) is 0 Å². The molecule has 0 aromatic heterocycles. The van der Waals surface area contributed by atoms with Gasteiger partial charge in [0.15, 0.2) is 0 Å². The van der Waals surface area contributed by atoms with Gasteiger partial charge >= 0.3 is 0 Å². The number of methoxy groups -OCH3 is 1. The summed E-state index contributed by atoms with van der Waals surface area (Å²) in [7, 11) is 1.77. The van der Waals surface area contributed by atoms with Crippen molar-refractivity contribution in [3.05, 3.63) is 28.8 Å². The van der Waals surface area contributed by atoms with Gasteiger partial charge in [0.05, 0.1) is 19.8 Å². The number of nitrogens with one attached hydrogen (secondary N) is 1. The predicted octanol–water partition coefficient (Wildman–Crippen LogP) is 3.60. The van der Waals surface area contributed by atoms with Gasteiger partial charge in [-0.15, -0.1) is 0 Å². The van der Waals surface area contributed by atoms with E-state index in [2.05, 4.69) is 45.1 Å². The Bertz CT molecular complexity index is 449. The van der Waals surface area contributed by atoms with Crippen LogP contribution in [0.3, 0.4) is 0 Å². The molecular formula is C17H27NO2. The highest BCUT2D eigenvalue weighted by Crippen LogP contribution is 2.40. The molecule has 2 rings (SSSR count). The van der Waals surface area contributed by atoms with Crippen molar-refractivity contribution in [1.82, 2.24) is 5.32 Å². The van der Waals surface area contributed by atoms with Gasteiger partial charge in [-0.25, -0.2) is 0 Å². The van der Waals surface area contributed by atoms with Crippen LogP contribution in [-0.4, -0.2) is 26.8 Å². The van der Waals surface area contributed by atoms with Gasteiger partial charge in [0.2, 0.25) is 0 Å². The van der Waals surface area contributed by atoms with Crippen molar-refractivity contribution in [2.24, 2.45) is 0 Å². The number of hydrogen-bond donors (Lipinski definition) is 1. The van der Waals surface area contributed by atoms with E-state index >= 15 is 0 Å². The van der Waals surface area contributed by atoms with Crippen LogP contribution in [0.5, 0.6) is 5.75 Å². The summed E-state index contributed by atoms with van der Waals surface area (Å²) in [6, 6.07) is 4.45. The highest BCUT2D eigenvalue weighted by atomic mass is 16.5. The van der Waals surface area contributed by atoms with Gasteiger partial charge in [-0.1, -0.05) is 39.8 Å². The van der Waals surface area contributed by atoms with E-state index in [1.807, 2.05) is 0 Å². The molecule has 0 aliphatic carbocycles. The van der Waals surface area contributed by atoms with Crippen LogP contribution in [0.1, 0.15) is 62.3 Å². The largest absolute Gasteiger partial charge is 0.496 e. The summed E-state index contributed by atoms with van der Waals surface area (Å²) in [5, 5.41) is 3.42. The minimum atomic E-state index is 0.0924. The molecule has 0 saturated carbocycles. The van der Waals surface area contributed by atoms with Crippen molar-refractivity contribution >= 4 is 0 Å². The van der Waals surface area contributed by atoms with Crippen molar-refractivity contribution < 1.29 is 9.47 Å². The third-order valence-electron chi connectivity index (χ3n) is 3.96. The first-order valence-corrected chi connectivity index (χ1v) is 7.59. The molecule has 112 valence electrons. The maximum absolute atomic E-state index is 5.99. The molecule has 0 amide bonds. The zero-order valence-corrected chi connectivity index (χ0v) is 13.3. The van der Waals surface area contributed by atoms with E-state index in [1.165, 1.54) is 16.7 Å². The molecule has 1 atom stereocenters. The highest BCUT2D eigenvalue weighted by molar-refractivity contribution is 5.50. The number of rotatable bonds is 4. The van der Waals surface area contributed by atoms with Crippen LogP contribution in [-0.2, 0) is 4.74 Å². The second-order valence-electron chi connectivity index (χ2n) is 6.06. The smallest absolute Gasteiger partial charge is 0.128 e. The average Bonchev–Trinajstić information content (AvgIpc) is 2.46. The fourth-order valence-electron chi connectivity index (χ4n) is 2.90. The summed E-state index contributed by atoms with van der Waals surface area (Å²) >= 11 is 0. The van der Waals surface area contributed by atoms with E-state index in [9.17, 15) is 0 Å². The van der Waals surface area contributed by atoms with Crippen molar-refractivity contribution in [2.45, 2.75) is 45.6 Å².